The van der Waals surface area contributed by atoms with Crippen LogP contribution in [0.1, 0.15) is 28.0 Å². The van der Waals surface area contributed by atoms with Gasteiger partial charge in [0.25, 0.3) is 11.7 Å². The minimum absolute atomic E-state index is 0.0317. The first kappa shape index (κ1) is 11.0. The summed E-state index contributed by atoms with van der Waals surface area (Å²) in [6.07, 6.45) is -1.66. The van der Waals surface area contributed by atoms with Crippen LogP contribution in [-0.2, 0) is 6.54 Å². The molecule has 1 aromatic rings. The third kappa shape index (κ3) is 2.05. The molecule has 3 nitrogen and oxygen atoms in total. The molecule has 0 bridgehead atoms. The van der Waals surface area contributed by atoms with Crippen LogP contribution in [0.25, 0.3) is 0 Å². The molecular formula is C8H7ClF2N2O. The minimum Gasteiger partial charge on any atom is -0.326 e. The Morgan fingerprint density at radius 3 is 2.71 bits per heavy atom. The monoisotopic (exact) mass is 220 g/mol. The highest BCUT2D eigenvalue weighted by Crippen LogP contribution is 2.24. The first-order valence-electron chi connectivity index (χ1n) is 3.73. The molecule has 6 heteroatoms. The second-order valence-electron chi connectivity index (χ2n) is 2.51. The van der Waals surface area contributed by atoms with Crippen molar-refractivity contribution in [2.24, 2.45) is 5.73 Å². The Hall–Kier alpha value is -1.07. The van der Waals surface area contributed by atoms with Crippen LogP contribution in [0.3, 0.4) is 0 Å². The maximum absolute atomic E-state index is 12.4. The largest absolute Gasteiger partial charge is 0.326 e. The van der Waals surface area contributed by atoms with Crippen LogP contribution in [0.4, 0.5) is 8.78 Å². The number of alkyl halides is 2. The van der Waals surface area contributed by atoms with Crippen LogP contribution >= 0.6 is 11.6 Å². The van der Waals surface area contributed by atoms with E-state index in [1.54, 1.807) is 0 Å². The number of aromatic nitrogens is 1. The normalized spacial score (nSPS) is 10.6. The van der Waals surface area contributed by atoms with E-state index in [4.69, 9.17) is 17.3 Å². The molecule has 76 valence electrons. The molecule has 0 saturated heterocycles. The lowest BCUT2D eigenvalue weighted by Gasteiger charge is -2.07. The number of pyridine rings is 1. The molecule has 1 heterocycles. The van der Waals surface area contributed by atoms with Gasteiger partial charge in [0, 0.05) is 12.7 Å². The standard InChI is InChI=1S/C8H7ClF2N2O/c9-7(14)5-4(3-12)1-2-13-6(5)8(10)11/h1-2,8H,3,12H2. The zero-order chi connectivity index (χ0) is 10.7. The Balaban J connectivity index is 3.35. The second-order valence-corrected chi connectivity index (χ2v) is 2.85. The molecule has 0 spiro atoms. The van der Waals surface area contributed by atoms with Crippen molar-refractivity contribution in [1.29, 1.82) is 0 Å². The number of rotatable bonds is 3. The molecular weight excluding hydrogens is 214 g/mol. The molecule has 14 heavy (non-hydrogen) atoms. The van der Waals surface area contributed by atoms with Crippen LogP contribution in [0, 0.1) is 0 Å². The number of nitrogens with two attached hydrogens (primary N) is 1. The average molecular weight is 221 g/mol. The first-order chi connectivity index (χ1) is 6.57. The fourth-order valence-corrected chi connectivity index (χ4v) is 1.30. The van der Waals surface area contributed by atoms with Gasteiger partial charge in [0.1, 0.15) is 5.69 Å². The Kier molecular flexibility index (Phi) is 3.49. The van der Waals surface area contributed by atoms with Crippen LogP contribution in [0.2, 0.25) is 0 Å². The smallest absolute Gasteiger partial charge is 0.281 e. The molecule has 0 radical (unpaired) electrons. The van der Waals surface area contributed by atoms with E-state index in [0.29, 0.717) is 0 Å². The third-order valence-corrected chi connectivity index (χ3v) is 1.88. The van der Waals surface area contributed by atoms with Crippen molar-refractivity contribution in [3.63, 3.8) is 0 Å². The number of nitrogens with zero attached hydrogens (tertiary/aromatic N) is 1. The molecule has 1 rings (SSSR count). The molecule has 0 aromatic carbocycles. The maximum atomic E-state index is 12.4. The van der Waals surface area contributed by atoms with Crippen LogP contribution in [0.5, 0.6) is 0 Å². The van der Waals surface area contributed by atoms with E-state index in [9.17, 15) is 13.6 Å². The van der Waals surface area contributed by atoms with Crippen molar-refractivity contribution in [1.82, 2.24) is 4.98 Å². The van der Waals surface area contributed by atoms with Crippen molar-refractivity contribution in [2.45, 2.75) is 13.0 Å². The van der Waals surface area contributed by atoms with Gasteiger partial charge in [0.15, 0.2) is 0 Å². The Bertz CT molecular complexity index is 357. The molecule has 1 aromatic heterocycles. The van der Waals surface area contributed by atoms with Gasteiger partial charge in [-0.05, 0) is 23.2 Å². The molecule has 0 amide bonds. The van der Waals surface area contributed by atoms with Crippen molar-refractivity contribution in [2.75, 3.05) is 0 Å². The van der Waals surface area contributed by atoms with Crippen molar-refractivity contribution >= 4 is 16.8 Å². The van der Waals surface area contributed by atoms with Gasteiger partial charge in [-0.1, -0.05) is 0 Å². The van der Waals surface area contributed by atoms with E-state index in [1.807, 2.05) is 0 Å². The summed E-state index contributed by atoms with van der Waals surface area (Å²) in [6, 6.07) is 1.39. The Morgan fingerprint density at radius 2 is 2.29 bits per heavy atom. The number of hydrogen-bond acceptors (Lipinski definition) is 3. The summed E-state index contributed by atoms with van der Waals surface area (Å²) in [4.78, 5) is 14.3. The topological polar surface area (TPSA) is 56.0 Å². The lowest BCUT2D eigenvalue weighted by atomic mass is 10.1. The zero-order valence-corrected chi connectivity index (χ0v) is 7.76. The Morgan fingerprint density at radius 1 is 1.64 bits per heavy atom. The summed E-state index contributed by atoms with van der Waals surface area (Å²) in [7, 11) is 0. The van der Waals surface area contributed by atoms with Gasteiger partial charge in [-0.2, -0.15) is 0 Å². The van der Waals surface area contributed by atoms with E-state index >= 15 is 0 Å². The van der Waals surface area contributed by atoms with E-state index in [1.165, 1.54) is 12.3 Å². The van der Waals surface area contributed by atoms with Crippen LogP contribution < -0.4 is 5.73 Å². The summed E-state index contributed by atoms with van der Waals surface area (Å²) in [5.74, 6) is 0. The third-order valence-electron chi connectivity index (χ3n) is 1.69. The van der Waals surface area contributed by atoms with Gasteiger partial charge in [-0.3, -0.25) is 9.78 Å². The molecule has 2 N–H and O–H groups in total. The van der Waals surface area contributed by atoms with Gasteiger partial charge < -0.3 is 5.73 Å². The average Bonchev–Trinajstić information content (AvgIpc) is 2.16. The highest BCUT2D eigenvalue weighted by molar-refractivity contribution is 6.68. The lowest BCUT2D eigenvalue weighted by molar-refractivity contribution is 0.106. The molecule has 0 unspecified atom stereocenters. The number of halogens is 3. The van der Waals surface area contributed by atoms with E-state index < -0.39 is 17.4 Å². The van der Waals surface area contributed by atoms with Gasteiger partial charge in [-0.15, -0.1) is 0 Å². The minimum atomic E-state index is -2.83. The van der Waals surface area contributed by atoms with E-state index in [2.05, 4.69) is 4.98 Å². The number of carbonyl (C=O) groups is 1. The highest BCUT2D eigenvalue weighted by Gasteiger charge is 2.21. The molecule has 0 saturated carbocycles. The molecule has 0 aliphatic rings. The van der Waals surface area contributed by atoms with Crippen molar-refractivity contribution in [3.05, 3.63) is 29.1 Å². The summed E-state index contributed by atoms with van der Waals surface area (Å²) in [5, 5.41) is -0.964. The van der Waals surface area contributed by atoms with Crippen molar-refractivity contribution in [3.8, 4) is 0 Å². The Labute approximate surface area is 83.9 Å². The zero-order valence-electron chi connectivity index (χ0n) is 7.01. The number of carbonyl (C=O) groups excluding carboxylic acids is 1. The quantitative estimate of drug-likeness (QED) is 0.791. The van der Waals surface area contributed by atoms with Crippen molar-refractivity contribution < 1.29 is 13.6 Å². The molecule has 0 fully saturated rings. The lowest BCUT2D eigenvalue weighted by Crippen LogP contribution is -2.09. The number of hydrogen-bond donors (Lipinski definition) is 1. The fraction of sp³-hybridized carbons (Fsp3) is 0.250. The molecule has 0 atom stereocenters. The maximum Gasteiger partial charge on any atom is 0.281 e. The summed E-state index contributed by atoms with van der Waals surface area (Å²) in [5.41, 5.74) is 4.64. The predicted octanol–water partition coefficient (Wildman–Crippen LogP) is 1.86. The summed E-state index contributed by atoms with van der Waals surface area (Å²) in [6.45, 7) is -0.0317. The second kappa shape index (κ2) is 4.43. The van der Waals surface area contributed by atoms with E-state index in [0.717, 1.165) is 0 Å². The van der Waals surface area contributed by atoms with E-state index in [-0.39, 0.29) is 17.7 Å². The van der Waals surface area contributed by atoms with Gasteiger partial charge in [0.05, 0.1) is 5.56 Å². The van der Waals surface area contributed by atoms with Gasteiger partial charge in [0.2, 0.25) is 0 Å². The predicted molar refractivity (Wildman–Crippen MR) is 47.3 cm³/mol. The van der Waals surface area contributed by atoms with Crippen LogP contribution in [-0.4, -0.2) is 10.2 Å². The first-order valence-corrected chi connectivity index (χ1v) is 4.11. The fourth-order valence-electron chi connectivity index (χ4n) is 1.08. The molecule has 0 aliphatic heterocycles. The SMILES string of the molecule is NCc1ccnc(C(F)F)c1C(=O)Cl. The summed E-state index contributed by atoms with van der Waals surface area (Å²) < 4.78 is 24.8. The molecule has 0 aliphatic carbocycles. The van der Waals surface area contributed by atoms with Gasteiger partial charge >= 0.3 is 0 Å². The van der Waals surface area contributed by atoms with Gasteiger partial charge in [-0.25, -0.2) is 8.78 Å². The highest BCUT2D eigenvalue weighted by atomic mass is 35.5. The summed E-state index contributed by atoms with van der Waals surface area (Å²) >= 11 is 5.17. The van der Waals surface area contributed by atoms with Crippen LogP contribution in [0.15, 0.2) is 12.3 Å².